The molecule has 1 heterocycles. The molecule has 1 unspecified atom stereocenters. The van der Waals surface area contributed by atoms with Crippen LogP contribution in [0.5, 0.6) is 0 Å². The number of pyridine rings is 1. The van der Waals surface area contributed by atoms with Crippen LogP contribution in [0.1, 0.15) is 17.4 Å². The molecule has 0 aliphatic rings. The smallest absolute Gasteiger partial charge is 0.354 e. The summed E-state index contributed by atoms with van der Waals surface area (Å²) in [5.74, 6) is 0.0309. The summed E-state index contributed by atoms with van der Waals surface area (Å²) in [7, 11) is 1.98. The molecule has 0 aliphatic carbocycles. The van der Waals surface area contributed by atoms with E-state index in [2.05, 4.69) is 23.1 Å². The molecule has 0 aliphatic heterocycles. The number of carboxylic acids is 1. The van der Waals surface area contributed by atoms with Gasteiger partial charge in [0, 0.05) is 18.8 Å². The zero-order valence-electron chi connectivity index (χ0n) is 9.67. The largest absolute Gasteiger partial charge is 0.477 e. The summed E-state index contributed by atoms with van der Waals surface area (Å²) in [5.41, 5.74) is 1.02. The Labute approximate surface area is 99.7 Å². The molecule has 0 saturated carbocycles. The van der Waals surface area contributed by atoms with Crippen molar-refractivity contribution < 1.29 is 9.90 Å². The van der Waals surface area contributed by atoms with Crippen LogP contribution >= 0.6 is 11.8 Å². The maximum absolute atomic E-state index is 10.6. The average Bonchev–Trinajstić information content (AvgIpc) is 2.28. The van der Waals surface area contributed by atoms with Gasteiger partial charge in [-0.3, -0.25) is 0 Å². The zero-order valence-corrected chi connectivity index (χ0v) is 10.5. The zero-order chi connectivity index (χ0) is 12.1. The molecule has 1 rings (SSSR count). The highest BCUT2D eigenvalue weighted by Gasteiger charge is 2.10. The molecule has 0 spiro atoms. The number of anilines is 1. The van der Waals surface area contributed by atoms with E-state index in [4.69, 9.17) is 5.11 Å². The van der Waals surface area contributed by atoms with Gasteiger partial charge in [0.1, 0.15) is 5.69 Å². The van der Waals surface area contributed by atoms with E-state index in [1.165, 1.54) is 6.07 Å². The van der Waals surface area contributed by atoms with Gasteiger partial charge in [-0.15, -0.1) is 0 Å². The Hall–Kier alpha value is -1.23. The number of hydrogen-bond acceptors (Lipinski definition) is 4. The van der Waals surface area contributed by atoms with Gasteiger partial charge in [0.05, 0.1) is 11.9 Å². The lowest BCUT2D eigenvalue weighted by atomic mass is 10.2. The Morgan fingerprint density at radius 2 is 2.31 bits per heavy atom. The van der Waals surface area contributed by atoms with Crippen molar-refractivity contribution in [3.8, 4) is 0 Å². The molecular weight excluding hydrogens is 224 g/mol. The number of thioether (sulfide) groups is 1. The summed E-state index contributed by atoms with van der Waals surface area (Å²) in [5, 5.41) is 8.73. The minimum Gasteiger partial charge on any atom is -0.477 e. The van der Waals surface area contributed by atoms with Crippen molar-refractivity contribution in [3.05, 3.63) is 24.0 Å². The molecular formula is C11H16N2O2S. The molecule has 5 heteroatoms. The first kappa shape index (κ1) is 12.8. The number of carbonyl (C=O) groups is 1. The van der Waals surface area contributed by atoms with Crippen molar-refractivity contribution in [2.45, 2.75) is 13.0 Å². The van der Waals surface area contributed by atoms with E-state index in [-0.39, 0.29) is 5.69 Å². The summed E-state index contributed by atoms with van der Waals surface area (Å²) in [4.78, 5) is 16.6. The molecule has 0 fully saturated rings. The van der Waals surface area contributed by atoms with E-state index in [9.17, 15) is 4.79 Å². The second kappa shape index (κ2) is 5.75. The van der Waals surface area contributed by atoms with Crippen LogP contribution in [0.2, 0.25) is 0 Å². The lowest BCUT2D eigenvalue weighted by Crippen LogP contribution is -2.30. The third kappa shape index (κ3) is 3.13. The number of hydrogen-bond donors (Lipinski definition) is 1. The second-order valence-electron chi connectivity index (χ2n) is 3.62. The molecule has 0 radical (unpaired) electrons. The van der Waals surface area contributed by atoms with Crippen LogP contribution in [-0.2, 0) is 0 Å². The lowest BCUT2D eigenvalue weighted by molar-refractivity contribution is 0.0690. The van der Waals surface area contributed by atoms with Crippen molar-refractivity contribution in [2.75, 3.05) is 24.0 Å². The predicted molar refractivity (Wildman–Crippen MR) is 67.4 cm³/mol. The van der Waals surface area contributed by atoms with Crippen LogP contribution in [-0.4, -0.2) is 41.2 Å². The summed E-state index contributed by atoms with van der Waals surface area (Å²) < 4.78 is 0. The Balaban J connectivity index is 2.77. The fourth-order valence-corrected chi connectivity index (χ4v) is 2.03. The van der Waals surface area contributed by atoms with Gasteiger partial charge < -0.3 is 10.0 Å². The van der Waals surface area contributed by atoms with Gasteiger partial charge in [-0.1, -0.05) is 0 Å². The van der Waals surface area contributed by atoms with Gasteiger partial charge in [0.25, 0.3) is 0 Å². The molecule has 0 amide bonds. The topological polar surface area (TPSA) is 53.4 Å². The first-order valence-electron chi connectivity index (χ1n) is 4.97. The van der Waals surface area contributed by atoms with E-state index in [1.807, 2.05) is 7.05 Å². The third-order valence-corrected chi connectivity index (χ3v) is 3.26. The van der Waals surface area contributed by atoms with Crippen LogP contribution in [0.4, 0.5) is 5.69 Å². The number of rotatable bonds is 5. The highest BCUT2D eigenvalue weighted by Crippen LogP contribution is 2.15. The molecule has 0 aromatic carbocycles. The molecule has 16 heavy (non-hydrogen) atoms. The monoisotopic (exact) mass is 240 g/mol. The standard InChI is InChI=1S/C11H16N2O2S/c1-8(7-16-3)13(2)9-4-5-10(11(14)15)12-6-9/h4-6,8H,7H2,1-3H3,(H,14,15). The van der Waals surface area contributed by atoms with Crippen LogP contribution in [0.3, 0.4) is 0 Å². The van der Waals surface area contributed by atoms with Gasteiger partial charge in [0.15, 0.2) is 0 Å². The molecule has 1 N–H and O–H groups in total. The molecule has 1 aromatic rings. The predicted octanol–water partition coefficient (Wildman–Crippen LogP) is 1.97. The Kier molecular flexibility index (Phi) is 4.61. The summed E-state index contributed by atoms with van der Waals surface area (Å²) in [6, 6.07) is 3.71. The minimum absolute atomic E-state index is 0.0784. The third-order valence-electron chi connectivity index (χ3n) is 2.44. The average molecular weight is 240 g/mol. The van der Waals surface area contributed by atoms with Crippen LogP contribution in [0.25, 0.3) is 0 Å². The van der Waals surface area contributed by atoms with Crippen molar-refractivity contribution in [1.82, 2.24) is 4.98 Å². The molecule has 1 atom stereocenters. The minimum atomic E-state index is -0.994. The lowest BCUT2D eigenvalue weighted by Gasteiger charge is -2.26. The van der Waals surface area contributed by atoms with Gasteiger partial charge in [-0.2, -0.15) is 11.8 Å². The number of aromatic nitrogens is 1. The molecule has 88 valence electrons. The number of carboxylic acid groups (broad SMARTS) is 1. The van der Waals surface area contributed by atoms with E-state index >= 15 is 0 Å². The van der Waals surface area contributed by atoms with Crippen molar-refractivity contribution in [3.63, 3.8) is 0 Å². The van der Waals surface area contributed by atoms with Gasteiger partial charge in [-0.05, 0) is 25.3 Å². The quantitative estimate of drug-likeness (QED) is 0.852. The first-order chi connectivity index (χ1) is 7.56. The first-order valence-corrected chi connectivity index (χ1v) is 6.36. The number of aromatic carboxylic acids is 1. The van der Waals surface area contributed by atoms with E-state index in [1.54, 1.807) is 24.0 Å². The normalized spacial score (nSPS) is 12.2. The summed E-state index contributed by atoms with van der Waals surface area (Å²) in [6.07, 6.45) is 3.66. The van der Waals surface area contributed by atoms with Crippen LogP contribution in [0.15, 0.2) is 18.3 Å². The maximum Gasteiger partial charge on any atom is 0.354 e. The fraction of sp³-hybridized carbons (Fsp3) is 0.455. The van der Waals surface area contributed by atoms with Crippen LogP contribution < -0.4 is 4.90 Å². The van der Waals surface area contributed by atoms with Gasteiger partial charge in [0.2, 0.25) is 0 Å². The Bertz CT molecular complexity index is 354. The van der Waals surface area contributed by atoms with E-state index in [0.29, 0.717) is 6.04 Å². The van der Waals surface area contributed by atoms with Crippen molar-refractivity contribution in [2.24, 2.45) is 0 Å². The van der Waals surface area contributed by atoms with Gasteiger partial charge >= 0.3 is 5.97 Å². The van der Waals surface area contributed by atoms with Crippen LogP contribution in [0, 0.1) is 0 Å². The van der Waals surface area contributed by atoms with E-state index < -0.39 is 5.97 Å². The highest BCUT2D eigenvalue weighted by atomic mass is 32.2. The van der Waals surface area contributed by atoms with Crippen molar-refractivity contribution >= 4 is 23.4 Å². The van der Waals surface area contributed by atoms with E-state index in [0.717, 1.165) is 11.4 Å². The Morgan fingerprint density at radius 3 is 2.75 bits per heavy atom. The fourth-order valence-electron chi connectivity index (χ4n) is 1.33. The molecule has 0 saturated heterocycles. The molecule has 1 aromatic heterocycles. The molecule has 0 bridgehead atoms. The summed E-state index contributed by atoms with van der Waals surface area (Å²) in [6.45, 7) is 2.13. The van der Waals surface area contributed by atoms with Crippen molar-refractivity contribution in [1.29, 1.82) is 0 Å². The van der Waals surface area contributed by atoms with Gasteiger partial charge in [-0.25, -0.2) is 9.78 Å². The Morgan fingerprint density at radius 1 is 1.62 bits per heavy atom. The SMILES string of the molecule is CSCC(C)N(C)c1ccc(C(=O)O)nc1. The summed E-state index contributed by atoms with van der Waals surface area (Å²) >= 11 is 1.78. The maximum atomic E-state index is 10.6. The molecule has 4 nitrogen and oxygen atoms in total. The highest BCUT2D eigenvalue weighted by molar-refractivity contribution is 7.98. The number of nitrogens with zero attached hydrogens (tertiary/aromatic N) is 2. The second-order valence-corrected chi connectivity index (χ2v) is 4.53.